The maximum Gasteiger partial charge on any atom is 0.170 e. The van der Waals surface area contributed by atoms with Gasteiger partial charge in [-0.2, -0.15) is 5.10 Å². The van der Waals surface area contributed by atoms with E-state index < -0.39 is 0 Å². The Balaban J connectivity index is 2.11. The fourth-order valence-electron chi connectivity index (χ4n) is 2.48. The molecular weight excluding hydrogens is 322 g/mol. The predicted molar refractivity (Wildman–Crippen MR) is 74.8 cm³/mol. The molecule has 0 spiro atoms. The number of hydrogen-bond donors (Lipinski definition) is 0. The van der Waals surface area contributed by atoms with Crippen molar-refractivity contribution in [2.75, 3.05) is 0 Å². The van der Waals surface area contributed by atoms with Gasteiger partial charge in [0.2, 0.25) is 0 Å². The van der Waals surface area contributed by atoms with Crippen LogP contribution in [0.4, 0.5) is 0 Å². The van der Waals surface area contributed by atoms with Gasteiger partial charge in [0, 0.05) is 10.0 Å². The lowest BCUT2D eigenvalue weighted by molar-refractivity contribution is 0.111. The lowest BCUT2D eigenvalue weighted by Crippen LogP contribution is -2.06. The van der Waals surface area contributed by atoms with Crippen LogP contribution in [0.3, 0.4) is 0 Å². The molecule has 1 aliphatic rings. The summed E-state index contributed by atoms with van der Waals surface area (Å²) < 4.78 is 4.66. The average molecular weight is 330 g/mol. The molecule has 0 bridgehead atoms. The number of aldehydes is 1. The summed E-state index contributed by atoms with van der Waals surface area (Å²) in [5.74, 6) is 0.779. The Hall–Kier alpha value is -2.28. The highest BCUT2D eigenvalue weighted by Gasteiger charge is 2.23. The van der Waals surface area contributed by atoms with Crippen molar-refractivity contribution in [2.45, 2.75) is 6.54 Å². The Morgan fingerprint density at radius 2 is 2.20 bits per heavy atom. The van der Waals surface area contributed by atoms with Crippen molar-refractivity contribution in [3.63, 3.8) is 0 Å². The standard InChI is InChI=1S/C13H8BrN5O/c14-8-1-2-11-9(3-8)13-15-6-17-19(13)4-12-10(5-20)16-7-18(11)12/h1-3,5-7H,4H2. The molecule has 6 nitrogen and oxygen atoms in total. The van der Waals surface area contributed by atoms with Crippen molar-refractivity contribution in [1.29, 1.82) is 0 Å². The molecule has 7 heteroatoms. The van der Waals surface area contributed by atoms with E-state index in [1.165, 1.54) is 6.33 Å². The van der Waals surface area contributed by atoms with Crippen molar-refractivity contribution in [3.05, 3.63) is 46.7 Å². The number of nitrogens with zero attached hydrogens (tertiary/aromatic N) is 5. The SMILES string of the molecule is O=Cc1ncn2c1Cn1ncnc1-c1cc(Br)ccc1-2. The summed E-state index contributed by atoms with van der Waals surface area (Å²) in [5, 5.41) is 4.23. The summed E-state index contributed by atoms with van der Waals surface area (Å²) >= 11 is 3.48. The zero-order chi connectivity index (χ0) is 13.7. The third kappa shape index (κ3) is 1.50. The second kappa shape index (κ2) is 4.11. The van der Waals surface area contributed by atoms with Crippen LogP contribution in [0, 0.1) is 0 Å². The van der Waals surface area contributed by atoms with E-state index in [9.17, 15) is 4.79 Å². The molecule has 4 rings (SSSR count). The first-order valence-corrected chi connectivity index (χ1v) is 6.77. The molecule has 0 atom stereocenters. The van der Waals surface area contributed by atoms with Gasteiger partial charge in [-0.25, -0.2) is 14.6 Å². The van der Waals surface area contributed by atoms with Gasteiger partial charge in [0.25, 0.3) is 0 Å². The summed E-state index contributed by atoms with van der Waals surface area (Å²) in [6.07, 6.45) is 3.96. The highest BCUT2D eigenvalue weighted by atomic mass is 79.9. The first-order chi connectivity index (χ1) is 9.78. The van der Waals surface area contributed by atoms with Gasteiger partial charge in [-0.15, -0.1) is 0 Å². The van der Waals surface area contributed by atoms with Crippen molar-refractivity contribution in [2.24, 2.45) is 0 Å². The van der Waals surface area contributed by atoms with Crippen LogP contribution in [0.15, 0.2) is 35.3 Å². The number of carbonyl (C=O) groups excluding carboxylic acids is 1. The molecule has 0 fully saturated rings. The largest absolute Gasteiger partial charge is 0.300 e. The maximum atomic E-state index is 11.1. The molecule has 3 aromatic rings. The van der Waals surface area contributed by atoms with Gasteiger partial charge in [-0.1, -0.05) is 15.9 Å². The minimum Gasteiger partial charge on any atom is -0.300 e. The summed E-state index contributed by atoms with van der Waals surface area (Å²) in [5.41, 5.74) is 3.14. The maximum absolute atomic E-state index is 11.1. The first-order valence-electron chi connectivity index (χ1n) is 5.97. The van der Waals surface area contributed by atoms with E-state index in [1.807, 2.05) is 22.8 Å². The molecule has 0 aliphatic carbocycles. The van der Waals surface area contributed by atoms with Gasteiger partial charge in [-0.05, 0) is 18.2 Å². The second-order valence-corrected chi connectivity index (χ2v) is 5.38. The third-order valence-electron chi connectivity index (χ3n) is 3.38. The van der Waals surface area contributed by atoms with Gasteiger partial charge in [0.05, 0.1) is 17.9 Å². The molecule has 1 aromatic carbocycles. The summed E-state index contributed by atoms with van der Waals surface area (Å²) in [6, 6.07) is 5.92. The molecule has 1 aliphatic heterocycles. The fourth-order valence-corrected chi connectivity index (χ4v) is 2.84. The Kier molecular flexibility index (Phi) is 2.37. The van der Waals surface area contributed by atoms with Gasteiger partial charge >= 0.3 is 0 Å². The number of aromatic nitrogens is 5. The van der Waals surface area contributed by atoms with Crippen LogP contribution in [0.2, 0.25) is 0 Å². The summed E-state index contributed by atoms with van der Waals surface area (Å²) in [4.78, 5) is 19.6. The monoisotopic (exact) mass is 329 g/mol. The van der Waals surface area contributed by atoms with Crippen LogP contribution >= 0.6 is 15.9 Å². The van der Waals surface area contributed by atoms with Crippen molar-refractivity contribution >= 4 is 22.2 Å². The van der Waals surface area contributed by atoms with Crippen molar-refractivity contribution in [1.82, 2.24) is 24.3 Å². The smallest absolute Gasteiger partial charge is 0.170 e. The summed E-state index contributed by atoms with van der Waals surface area (Å²) in [6.45, 7) is 0.468. The number of fused-ring (bicyclic) bond motifs is 5. The molecule has 0 saturated heterocycles. The number of imidazole rings is 1. The first kappa shape index (κ1) is 11.5. The highest BCUT2D eigenvalue weighted by molar-refractivity contribution is 9.10. The van der Waals surface area contributed by atoms with E-state index in [0.717, 1.165) is 33.5 Å². The van der Waals surface area contributed by atoms with Crippen LogP contribution in [-0.2, 0) is 6.54 Å². The van der Waals surface area contributed by atoms with Crippen LogP contribution in [0.1, 0.15) is 16.2 Å². The van der Waals surface area contributed by atoms with E-state index in [4.69, 9.17) is 0 Å². The predicted octanol–water partition coefficient (Wildman–Crippen LogP) is 2.07. The number of benzene rings is 1. The third-order valence-corrected chi connectivity index (χ3v) is 3.88. The Bertz CT molecular complexity index is 835. The molecule has 0 unspecified atom stereocenters. The topological polar surface area (TPSA) is 65.6 Å². The minimum atomic E-state index is 0.433. The fraction of sp³-hybridized carbons (Fsp3) is 0.0769. The lowest BCUT2D eigenvalue weighted by Gasteiger charge is -2.08. The van der Waals surface area contributed by atoms with Gasteiger partial charge < -0.3 is 0 Å². The van der Waals surface area contributed by atoms with Crippen LogP contribution in [0.5, 0.6) is 0 Å². The summed E-state index contributed by atoms with van der Waals surface area (Å²) in [7, 11) is 0. The Morgan fingerprint density at radius 3 is 3.05 bits per heavy atom. The normalized spacial score (nSPS) is 12.2. The molecule has 20 heavy (non-hydrogen) atoms. The molecule has 0 saturated carbocycles. The highest BCUT2D eigenvalue weighted by Crippen LogP contribution is 2.32. The Labute approximate surface area is 122 Å². The zero-order valence-electron chi connectivity index (χ0n) is 10.2. The number of rotatable bonds is 1. The van der Waals surface area contributed by atoms with E-state index >= 15 is 0 Å². The van der Waals surface area contributed by atoms with E-state index in [-0.39, 0.29) is 0 Å². The quantitative estimate of drug-likeness (QED) is 0.501. The number of halogens is 1. The van der Waals surface area contributed by atoms with Crippen molar-refractivity contribution < 1.29 is 4.79 Å². The van der Waals surface area contributed by atoms with Crippen LogP contribution in [-0.4, -0.2) is 30.6 Å². The van der Waals surface area contributed by atoms with E-state index in [0.29, 0.717) is 12.2 Å². The number of carbonyl (C=O) groups is 1. The van der Waals surface area contributed by atoms with E-state index in [1.54, 1.807) is 11.0 Å². The minimum absolute atomic E-state index is 0.433. The zero-order valence-corrected chi connectivity index (χ0v) is 11.8. The van der Waals surface area contributed by atoms with Crippen molar-refractivity contribution in [3.8, 4) is 17.1 Å². The van der Waals surface area contributed by atoms with Gasteiger partial charge in [0.1, 0.15) is 18.3 Å². The molecule has 0 amide bonds. The van der Waals surface area contributed by atoms with Crippen LogP contribution < -0.4 is 0 Å². The Morgan fingerprint density at radius 1 is 1.30 bits per heavy atom. The molecule has 3 heterocycles. The molecule has 98 valence electrons. The average Bonchev–Trinajstić information content (AvgIpc) is 3.04. The lowest BCUT2D eigenvalue weighted by atomic mass is 10.1. The molecule has 2 aromatic heterocycles. The van der Waals surface area contributed by atoms with E-state index in [2.05, 4.69) is 31.0 Å². The molecule has 0 N–H and O–H groups in total. The molecule has 0 radical (unpaired) electrons. The van der Waals surface area contributed by atoms with Gasteiger partial charge in [-0.3, -0.25) is 9.36 Å². The number of hydrogen-bond acceptors (Lipinski definition) is 4. The van der Waals surface area contributed by atoms with Gasteiger partial charge in [0.15, 0.2) is 12.1 Å². The second-order valence-electron chi connectivity index (χ2n) is 4.47. The molecular formula is C13H8BrN5O. The van der Waals surface area contributed by atoms with Crippen LogP contribution in [0.25, 0.3) is 17.1 Å².